The third-order valence-corrected chi connectivity index (χ3v) is 10.6. The van der Waals surface area contributed by atoms with Crippen molar-refractivity contribution < 1.29 is 21.6 Å². The zero-order chi connectivity index (χ0) is 51.8. The Labute approximate surface area is 448 Å². The van der Waals surface area contributed by atoms with Crippen LogP contribution in [0, 0.1) is 0 Å². The number of aliphatic hydroxyl groups excluding tert-OH is 1. The average molecular weight is 1030 g/mol. The second kappa shape index (κ2) is 33.9. The van der Waals surface area contributed by atoms with Crippen molar-refractivity contribution in [3.05, 3.63) is 279 Å². The van der Waals surface area contributed by atoms with Gasteiger partial charge in [-0.3, -0.25) is 19.9 Å². The minimum Gasteiger partial charge on any atom is -0.753 e. The number of nitrogens with zero attached hydrogens (tertiary/aromatic N) is 6. The van der Waals surface area contributed by atoms with Crippen LogP contribution in [0.25, 0.3) is 99.8 Å². The normalized spacial score (nSPS) is 9.18. The molecular weight excluding hydrogens is 980 g/mol. The summed E-state index contributed by atoms with van der Waals surface area (Å²) < 4.78 is 0. The SMILES string of the molecule is C=Cc1ccncc1.C=Cc1ccncc1.C=Cc1ccncc1.C=Cc1ccncc1.CO.[N-]=C=S.[N-]=C=S.[Ni+2].c1cc2ccc3cccc4ccc(c1)c2c34.c1cc2ccc3cccc4ccc(c1)c2c34. The molecule has 362 valence electrons. The van der Waals surface area contributed by atoms with Gasteiger partial charge >= 0.3 is 16.5 Å². The maximum Gasteiger partial charge on any atom is 2.00 e. The smallest absolute Gasteiger partial charge is 0.753 e. The minimum atomic E-state index is 0. The number of thiocarbonyl (C=S) groups is 2. The molecular formula is C63H52N6NiOS2. The van der Waals surface area contributed by atoms with E-state index < -0.39 is 0 Å². The fourth-order valence-electron chi connectivity index (χ4n) is 7.34. The molecule has 0 atom stereocenters. The summed E-state index contributed by atoms with van der Waals surface area (Å²) in [5, 5.41) is 40.2. The molecule has 0 amide bonds. The first-order chi connectivity index (χ1) is 35.4. The molecule has 0 unspecified atom stereocenters. The molecule has 0 aliphatic heterocycles. The molecule has 4 aromatic heterocycles. The largest absolute Gasteiger partial charge is 2.00 e. The van der Waals surface area contributed by atoms with Crippen molar-refractivity contribution in [2.75, 3.05) is 7.11 Å². The second-order valence-corrected chi connectivity index (χ2v) is 15.1. The Morgan fingerprint density at radius 2 is 0.466 bits per heavy atom. The molecule has 0 bridgehead atoms. The Morgan fingerprint density at radius 3 is 0.575 bits per heavy atom. The van der Waals surface area contributed by atoms with Crippen LogP contribution in [0.5, 0.6) is 0 Å². The maximum absolute atomic E-state index is 7.13. The molecule has 0 saturated heterocycles. The minimum absolute atomic E-state index is 0. The van der Waals surface area contributed by atoms with Crippen molar-refractivity contribution >= 4 is 124 Å². The van der Waals surface area contributed by atoms with Gasteiger partial charge in [0.1, 0.15) is 0 Å². The fraction of sp³-hybridized carbons (Fsp3) is 0.0159. The summed E-state index contributed by atoms with van der Waals surface area (Å²) >= 11 is 7.40. The Bertz CT molecular complexity index is 2980. The van der Waals surface area contributed by atoms with E-state index in [4.69, 9.17) is 15.9 Å². The van der Waals surface area contributed by atoms with Crippen molar-refractivity contribution in [3.63, 3.8) is 0 Å². The van der Waals surface area contributed by atoms with E-state index in [9.17, 15) is 0 Å². The summed E-state index contributed by atoms with van der Waals surface area (Å²) in [4.78, 5) is 15.4. The third kappa shape index (κ3) is 18.0. The Balaban J connectivity index is 0.000000231. The number of isothiocyanates is 2. The van der Waals surface area contributed by atoms with E-state index in [1.54, 1.807) is 73.9 Å². The number of aliphatic hydroxyl groups is 1. The van der Waals surface area contributed by atoms with E-state index in [1.165, 1.54) is 75.0 Å². The second-order valence-electron chi connectivity index (χ2n) is 14.7. The number of benzene rings is 8. The molecule has 8 aromatic carbocycles. The zero-order valence-corrected chi connectivity index (χ0v) is 42.8. The average Bonchev–Trinajstić information content (AvgIpc) is 3.46. The van der Waals surface area contributed by atoms with Crippen LogP contribution >= 0.6 is 24.4 Å². The van der Waals surface area contributed by atoms with Gasteiger partial charge in [0.25, 0.3) is 0 Å². The summed E-state index contributed by atoms with van der Waals surface area (Å²) in [6, 6.07) is 59.0. The van der Waals surface area contributed by atoms with Crippen LogP contribution in [0.1, 0.15) is 22.3 Å². The first kappa shape index (κ1) is 58.8. The molecule has 12 rings (SSSR count). The van der Waals surface area contributed by atoms with E-state index in [-0.39, 0.29) is 16.5 Å². The monoisotopic (exact) mass is 1030 g/mol. The van der Waals surface area contributed by atoms with Crippen LogP contribution in [0.3, 0.4) is 0 Å². The number of aromatic nitrogens is 4. The van der Waals surface area contributed by atoms with Gasteiger partial charge in [0.15, 0.2) is 0 Å². The van der Waals surface area contributed by atoms with Gasteiger partial charge < -0.3 is 15.9 Å². The van der Waals surface area contributed by atoms with Crippen molar-refractivity contribution in [1.29, 1.82) is 0 Å². The van der Waals surface area contributed by atoms with Gasteiger partial charge in [-0.05, 0) is 135 Å². The van der Waals surface area contributed by atoms with Gasteiger partial charge in [-0.1, -0.05) is 196 Å². The Morgan fingerprint density at radius 1 is 0.329 bits per heavy atom. The van der Waals surface area contributed by atoms with E-state index in [2.05, 4.69) is 192 Å². The van der Waals surface area contributed by atoms with Gasteiger partial charge in [-0.25, -0.2) is 0 Å². The summed E-state index contributed by atoms with van der Waals surface area (Å²) in [5.41, 5.74) is 4.44. The summed E-state index contributed by atoms with van der Waals surface area (Å²) in [7, 11) is 1.00. The Kier molecular flexibility index (Phi) is 27.3. The van der Waals surface area contributed by atoms with Gasteiger partial charge in [-0.15, -0.1) is 0 Å². The predicted octanol–water partition coefficient (Wildman–Crippen LogP) is 17.0. The molecule has 10 heteroatoms. The van der Waals surface area contributed by atoms with Gasteiger partial charge in [0, 0.05) is 56.7 Å². The first-order valence-corrected chi connectivity index (χ1v) is 23.1. The summed E-state index contributed by atoms with van der Waals surface area (Å²) in [5.74, 6) is 0. The first-order valence-electron chi connectivity index (χ1n) is 22.3. The maximum atomic E-state index is 7.13. The molecule has 0 aliphatic carbocycles. The molecule has 73 heavy (non-hydrogen) atoms. The molecule has 12 aromatic rings. The predicted molar refractivity (Wildman–Crippen MR) is 318 cm³/mol. The molecule has 0 spiro atoms. The van der Waals surface area contributed by atoms with Crippen LogP contribution in [-0.2, 0) is 16.5 Å². The van der Waals surface area contributed by atoms with Crippen molar-refractivity contribution in [1.82, 2.24) is 19.9 Å². The van der Waals surface area contributed by atoms with Crippen LogP contribution in [0.15, 0.2) is 246 Å². The molecule has 7 nitrogen and oxygen atoms in total. The molecule has 0 radical (unpaired) electrons. The standard InChI is InChI=1S/2C16H10.4C7H7N.2CNS.CH4O.Ni/c2*1-3-11-7-9-13-5-2-6-14-10-8-12(4-1)15(11)16(13)14;4*1-2-7-3-5-8-6-4-7;2*2-1-3;1-2;/h2*1-10H;4*2-6H,1H2;;;2H,1H3;/q;;;;;;2*-1;;+2. The van der Waals surface area contributed by atoms with Crippen molar-refractivity contribution in [3.8, 4) is 0 Å². The summed E-state index contributed by atoms with van der Waals surface area (Å²) in [6.45, 7) is 14.4. The molecule has 4 heterocycles. The van der Waals surface area contributed by atoms with E-state index in [1.807, 2.05) is 48.5 Å². The molecule has 0 fully saturated rings. The van der Waals surface area contributed by atoms with Crippen LogP contribution in [0.4, 0.5) is 0 Å². The number of hydrogen-bond donors (Lipinski definition) is 1. The number of rotatable bonds is 4. The van der Waals surface area contributed by atoms with E-state index in [0.29, 0.717) is 0 Å². The van der Waals surface area contributed by atoms with Gasteiger partial charge in [0.05, 0.1) is 0 Å². The fourth-order valence-corrected chi connectivity index (χ4v) is 7.34. The van der Waals surface area contributed by atoms with E-state index >= 15 is 0 Å². The Hall–Kier alpha value is -8.55. The van der Waals surface area contributed by atoms with Crippen LogP contribution < -0.4 is 0 Å². The van der Waals surface area contributed by atoms with Gasteiger partial charge in [0.2, 0.25) is 0 Å². The van der Waals surface area contributed by atoms with Gasteiger partial charge in [-0.2, -0.15) is 10.3 Å². The topological polar surface area (TPSA) is 116 Å². The summed E-state index contributed by atoms with van der Waals surface area (Å²) in [6.07, 6.45) is 21.1. The molecule has 0 aliphatic rings. The quantitative estimate of drug-likeness (QED) is 0.0807. The van der Waals surface area contributed by atoms with Crippen molar-refractivity contribution in [2.24, 2.45) is 0 Å². The molecule has 1 N–H and O–H groups in total. The number of pyridine rings is 4. The number of hydrogen-bond acceptors (Lipinski definition) is 7. The third-order valence-electron chi connectivity index (χ3n) is 10.6. The van der Waals surface area contributed by atoms with E-state index in [0.717, 1.165) is 29.4 Å². The molecule has 0 saturated carbocycles. The van der Waals surface area contributed by atoms with Crippen LogP contribution in [-0.4, -0.2) is 42.5 Å². The van der Waals surface area contributed by atoms with Crippen LogP contribution in [0.2, 0.25) is 0 Å². The zero-order valence-electron chi connectivity index (χ0n) is 40.2. The van der Waals surface area contributed by atoms with Crippen molar-refractivity contribution in [2.45, 2.75) is 0 Å².